The van der Waals surface area contributed by atoms with E-state index in [4.69, 9.17) is 0 Å². The Bertz CT molecular complexity index is 1240. The van der Waals surface area contributed by atoms with Gasteiger partial charge in [0.25, 0.3) is 0 Å². The predicted molar refractivity (Wildman–Crippen MR) is 113 cm³/mol. The minimum absolute atomic E-state index is 0.137. The van der Waals surface area contributed by atoms with Crippen molar-refractivity contribution in [2.75, 3.05) is 11.1 Å². The Morgan fingerprint density at radius 2 is 1.66 bits per heavy atom. The second-order valence-corrected chi connectivity index (χ2v) is 8.79. The molecule has 1 amide bonds. The van der Waals surface area contributed by atoms with E-state index in [0.717, 1.165) is 28.0 Å². The van der Waals surface area contributed by atoms with Crippen LogP contribution in [0.5, 0.6) is 0 Å². The average Bonchev–Trinajstić information content (AvgIpc) is 3.12. The molecule has 0 atom stereocenters. The van der Waals surface area contributed by atoms with Crippen molar-refractivity contribution in [1.29, 1.82) is 0 Å². The van der Waals surface area contributed by atoms with Crippen molar-refractivity contribution in [2.24, 2.45) is 0 Å². The topological polar surface area (TPSA) is 91.9 Å². The van der Waals surface area contributed by atoms with Crippen molar-refractivity contribution >= 4 is 32.5 Å². The highest BCUT2D eigenvalue weighted by atomic mass is 32.2. The van der Waals surface area contributed by atoms with E-state index < -0.39 is 21.5 Å². The minimum Gasteiger partial charge on any atom is -0.338 e. The summed E-state index contributed by atoms with van der Waals surface area (Å²) in [6.45, 7) is 1.87. The second kappa shape index (κ2) is 7.52. The Kier molecular flexibility index (Phi) is 4.90. The van der Waals surface area contributed by atoms with Crippen LogP contribution >= 0.6 is 0 Å². The first-order valence-corrected chi connectivity index (χ1v) is 10.7. The lowest BCUT2D eigenvalue weighted by atomic mass is 10.2. The lowest BCUT2D eigenvalue weighted by Crippen LogP contribution is -2.23. The molecule has 3 aromatic carbocycles. The molecule has 0 spiro atoms. The van der Waals surface area contributed by atoms with Gasteiger partial charge in [-0.1, -0.05) is 29.8 Å². The van der Waals surface area contributed by atoms with Crippen LogP contribution in [0.1, 0.15) is 5.56 Å². The lowest BCUT2D eigenvalue weighted by Gasteiger charge is -2.07. The summed E-state index contributed by atoms with van der Waals surface area (Å²) in [6.07, 6.45) is 0. The number of nitrogens with one attached hydrogen (secondary N) is 2. The molecule has 6 nitrogen and oxygen atoms in total. The van der Waals surface area contributed by atoms with Crippen molar-refractivity contribution in [3.05, 3.63) is 78.4 Å². The van der Waals surface area contributed by atoms with Gasteiger partial charge in [-0.25, -0.2) is 13.4 Å². The zero-order valence-electron chi connectivity index (χ0n) is 15.7. The fraction of sp³-hybridized carbons (Fsp3) is 0.0909. The molecule has 1 heterocycles. The number of fused-ring (bicyclic) bond motifs is 1. The Balaban J connectivity index is 1.45. The predicted octanol–water partition coefficient (Wildman–Crippen LogP) is 3.95. The van der Waals surface area contributed by atoms with Crippen molar-refractivity contribution in [3.63, 3.8) is 0 Å². The maximum Gasteiger partial charge on any atom is 0.239 e. The molecule has 4 rings (SSSR count). The van der Waals surface area contributed by atoms with Crippen molar-refractivity contribution in [3.8, 4) is 11.4 Å². The van der Waals surface area contributed by atoms with E-state index in [9.17, 15) is 13.2 Å². The number of hydrogen-bond acceptors (Lipinski definition) is 4. The maximum absolute atomic E-state index is 12.4. The molecule has 2 N–H and O–H groups in total. The summed E-state index contributed by atoms with van der Waals surface area (Å²) in [4.78, 5) is 20.2. The highest BCUT2D eigenvalue weighted by Gasteiger charge is 2.19. The molecule has 0 saturated carbocycles. The Labute approximate surface area is 168 Å². The number of benzene rings is 3. The van der Waals surface area contributed by atoms with Crippen LogP contribution in [-0.2, 0) is 14.6 Å². The number of amides is 1. The zero-order chi connectivity index (χ0) is 20.4. The van der Waals surface area contributed by atoms with E-state index >= 15 is 0 Å². The van der Waals surface area contributed by atoms with Gasteiger partial charge in [0.15, 0.2) is 9.84 Å². The fourth-order valence-corrected chi connectivity index (χ4v) is 4.13. The third-order valence-corrected chi connectivity index (χ3v) is 6.17. The van der Waals surface area contributed by atoms with Crippen LogP contribution in [-0.4, -0.2) is 30.0 Å². The van der Waals surface area contributed by atoms with Gasteiger partial charge >= 0.3 is 0 Å². The summed E-state index contributed by atoms with van der Waals surface area (Å²) in [7, 11) is -3.69. The number of imidazole rings is 1. The van der Waals surface area contributed by atoms with Crippen LogP contribution < -0.4 is 5.32 Å². The number of H-pyrrole nitrogens is 1. The van der Waals surface area contributed by atoms with Gasteiger partial charge in [-0.3, -0.25) is 4.79 Å². The first kappa shape index (κ1) is 18.9. The summed E-state index contributed by atoms with van der Waals surface area (Å²) in [5, 5.41) is 2.64. The van der Waals surface area contributed by atoms with Crippen molar-refractivity contribution < 1.29 is 13.2 Å². The molecule has 1 aromatic heterocycles. The van der Waals surface area contributed by atoms with Gasteiger partial charge in [0, 0.05) is 11.3 Å². The van der Waals surface area contributed by atoms with Crippen LogP contribution in [0, 0.1) is 6.92 Å². The molecule has 4 aromatic rings. The molecule has 0 aliphatic rings. The summed E-state index contributed by atoms with van der Waals surface area (Å²) >= 11 is 0. The van der Waals surface area contributed by atoms with E-state index in [-0.39, 0.29) is 4.90 Å². The SMILES string of the molecule is Cc1ccc(S(=O)(=O)CC(=O)Nc2ccc(-c3nc4ccccc4[nH]3)cc2)cc1. The van der Waals surface area contributed by atoms with Crippen molar-refractivity contribution in [1.82, 2.24) is 9.97 Å². The number of para-hydroxylation sites is 2. The van der Waals surface area contributed by atoms with Gasteiger partial charge in [0.2, 0.25) is 5.91 Å². The normalized spacial score (nSPS) is 11.5. The number of aromatic nitrogens is 2. The number of hydrogen-bond donors (Lipinski definition) is 2. The minimum atomic E-state index is -3.69. The van der Waals surface area contributed by atoms with Crippen LogP contribution in [0.4, 0.5) is 5.69 Å². The third-order valence-electron chi connectivity index (χ3n) is 4.53. The first-order chi connectivity index (χ1) is 13.9. The van der Waals surface area contributed by atoms with E-state index in [1.165, 1.54) is 12.1 Å². The van der Waals surface area contributed by atoms with E-state index in [0.29, 0.717) is 5.69 Å². The van der Waals surface area contributed by atoms with E-state index in [2.05, 4.69) is 15.3 Å². The average molecular weight is 405 g/mol. The number of rotatable bonds is 5. The maximum atomic E-state index is 12.4. The molecule has 0 bridgehead atoms. The number of aromatic amines is 1. The van der Waals surface area contributed by atoms with Gasteiger partial charge in [0.05, 0.1) is 15.9 Å². The monoisotopic (exact) mass is 405 g/mol. The lowest BCUT2D eigenvalue weighted by molar-refractivity contribution is -0.113. The summed E-state index contributed by atoms with van der Waals surface area (Å²) < 4.78 is 24.8. The Hall–Kier alpha value is -3.45. The van der Waals surface area contributed by atoms with Crippen LogP contribution in [0.25, 0.3) is 22.4 Å². The van der Waals surface area contributed by atoms with Gasteiger partial charge in [-0.15, -0.1) is 0 Å². The quantitative estimate of drug-likeness (QED) is 0.526. The smallest absolute Gasteiger partial charge is 0.239 e. The molecule has 0 aliphatic carbocycles. The highest BCUT2D eigenvalue weighted by molar-refractivity contribution is 7.92. The molecule has 146 valence electrons. The zero-order valence-corrected chi connectivity index (χ0v) is 16.5. The number of carbonyl (C=O) groups is 1. The second-order valence-electron chi connectivity index (χ2n) is 6.80. The Morgan fingerprint density at radius 3 is 2.34 bits per heavy atom. The van der Waals surface area contributed by atoms with Crippen LogP contribution in [0.3, 0.4) is 0 Å². The van der Waals surface area contributed by atoms with Crippen LogP contribution in [0.15, 0.2) is 77.7 Å². The van der Waals surface area contributed by atoms with Gasteiger partial charge in [-0.05, 0) is 55.5 Å². The number of sulfone groups is 1. The molecular formula is C22H19N3O3S. The molecule has 0 radical (unpaired) electrons. The number of anilines is 1. The first-order valence-electron chi connectivity index (χ1n) is 9.05. The molecular weight excluding hydrogens is 386 g/mol. The van der Waals surface area contributed by atoms with Crippen LogP contribution in [0.2, 0.25) is 0 Å². The van der Waals surface area contributed by atoms with Gasteiger partial charge in [0.1, 0.15) is 11.6 Å². The third kappa shape index (κ3) is 4.20. The molecule has 0 aliphatic heterocycles. The van der Waals surface area contributed by atoms with Gasteiger partial charge in [-0.2, -0.15) is 0 Å². The molecule has 7 heteroatoms. The summed E-state index contributed by atoms with van der Waals surface area (Å²) in [5.74, 6) is -0.463. The van der Waals surface area contributed by atoms with E-state index in [1.54, 1.807) is 24.3 Å². The fourth-order valence-electron chi connectivity index (χ4n) is 3.00. The number of nitrogens with zero attached hydrogens (tertiary/aromatic N) is 1. The van der Waals surface area contributed by atoms with Gasteiger partial charge < -0.3 is 10.3 Å². The molecule has 29 heavy (non-hydrogen) atoms. The Morgan fingerprint density at radius 1 is 0.966 bits per heavy atom. The van der Waals surface area contributed by atoms with E-state index in [1.807, 2.05) is 43.3 Å². The molecule has 0 fully saturated rings. The standard InChI is InChI=1S/C22H19N3O3S/c1-15-6-12-18(13-7-15)29(27,28)14-21(26)23-17-10-8-16(9-11-17)22-24-19-4-2-3-5-20(19)25-22/h2-13H,14H2,1H3,(H,23,26)(H,24,25). The molecule has 0 unspecified atom stereocenters. The number of carbonyl (C=O) groups excluding carboxylic acids is 1. The summed E-state index contributed by atoms with van der Waals surface area (Å²) in [5.41, 5.74) is 4.17. The van der Waals surface area contributed by atoms with Crippen molar-refractivity contribution in [2.45, 2.75) is 11.8 Å². The summed E-state index contributed by atoms with van der Waals surface area (Å²) in [6, 6.07) is 21.3. The molecule has 0 saturated heterocycles. The number of aryl methyl sites for hydroxylation is 1. The highest BCUT2D eigenvalue weighted by Crippen LogP contribution is 2.22. The largest absolute Gasteiger partial charge is 0.338 e.